The van der Waals surface area contributed by atoms with Gasteiger partial charge in [0.15, 0.2) is 5.69 Å². The topological polar surface area (TPSA) is 135 Å². The smallest absolute Gasteiger partial charge is 0.434 e. The molecule has 0 unspecified atom stereocenters. The number of carbonyl (C=O) groups excluding carboxylic acids is 2. The lowest BCUT2D eigenvalue weighted by Crippen LogP contribution is -2.30. The van der Waals surface area contributed by atoms with Crippen molar-refractivity contribution in [3.05, 3.63) is 63.5 Å². The predicted molar refractivity (Wildman–Crippen MR) is 160 cm³/mol. The van der Waals surface area contributed by atoms with Crippen LogP contribution in [0.25, 0.3) is 32.6 Å². The van der Waals surface area contributed by atoms with Crippen LogP contribution in [0.3, 0.4) is 0 Å². The molecule has 1 aromatic carbocycles. The van der Waals surface area contributed by atoms with Crippen molar-refractivity contribution in [2.45, 2.75) is 57.9 Å². The Morgan fingerprint density at radius 3 is 2.61 bits per heavy atom. The number of fused-ring (bicyclic) bond motifs is 1. The Balaban J connectivity index is 1.70. The third-order valence-corrected chi connectivity index (χ3v) is 8.27. The first-order valence-electron chi connectivity index (χ1n) is 14.1. The number of rotatable bonds is 7. The van der Waals surface area contributed by atoms with Crippen LogP contribution < -0.4 is 16.1 Å². The average Bonchev–Trinajstić information content (AvgIpc) is 3.49. The third-order valence-electron chi connectivity index (χ3n) is 7.40. The van der Waals surface area contributed by atoms with Gasteiger partial charge in [0, 0.05) is 40.8 Å². The largest absolute Gasteiger partial charge is 0.462 e. The van der Waals surface area contributed by atoms with Gasteiger partial charge in [-0.1, -0.05) is 18.9 Å². The average molecular weight is 630 g/mol. The number of nitrogens with one attached hydrogen (secondary N) is 2. The van der Waals surface area contributed by atoms with E-state index in [-0.39, 0.29) is 40.0 Å². The number of aliphatic hydroxyl groups excluding tert-OH is 1. The maximum absolute atomic E-state index is 13.7. The maximum Gasteiger partial charge on any atom is 0.434 e. The van der Waals surface area contributed by atoms with Crippen LogP contribution in [-0.2, 0) is 10.9 Å². The summed E-state index contributed by atoms with van der Waals surface area (Å²) in [6.07, 6.45) is 0.409. The van der Waals surface area contributed by atoms with Crippen LogP contribution in [0.5, 0.6) is 0 Å². The Labute approximate surface area is 253 Å². The van der Waals surface area contributed by atoms with Crippen molar-refractivity contribution in [2.75, 3.05) is 18.5 Å². The molecule has 1 aliphatic carbocycles. The number of aliphatic hydroxyl groups is 1. The minimum absolute atomic E-state index is 0.0248. The molecule has 0 aliphatic heterocycles. The number of ether oxygens (including phenoxy) is 1. The number of carbonyl (C=O) groups is 2. The van der Waals surface area contributed by atoms with E-state index in [0.29, 0.717) is 36.0 Å². The molecule has 4 aromatic rings. The standard InChI is InChI=1S/C30H30F3N5O5S/c1-3-34-29(42)37-25-12-17(27-36-24(15-44-27)30(31,32)33)19(13-35-25)16-9-10-21-18(11-16)26(40)20(28(41)43-4-2)14-38(21)22-7-5-6-8-23(22)39/h9-15,22-23,39H,3-8H2,1-2H3,(H2,34,35,37,42)/t22-,23-/m1/s1. The second-order valence-corrected chi connectivity index (χ2v) is 11.1. The highest BCUT2D eigenvalue weighted by molar-refractivity contribution is 7.13. The van der Waals surface area contributed by atoms with Crippen molar-refractivity contribution in [2.24, 2.45) is 0 Å². The first kappa shape index (κ1) is 31.1. The lowest BCUT2D eigenvalue weighted by atomic mass is 9.91. The maximum atomic E-state index is 13.7. The fraction of sp³-hybridized carbons (Fsp3) is 0.367. The van der Waals surface area contributed by atoms with Gasteiger partial charge in [-0.2, -0.15) is 13.2 Å². The van der Waals surface area contributed by atoms with Gasteiger partial charge in [-0.25, -0.2) is 19.6 Å². The van der Waals surface area contributed by atoms with E-state index in [0.717, 1.165) is 29.6 Å². The molecule has 2 atom stereocenters. The van der Waals surface area contributed by atoms with Gasteiger partial charge in [-0.3, -0.25) is 10.1 Å². The van der Waals surface area contributed by atoms with Gasteiger partial charge in [0.25, 0.3) is 0 Å². The summed E-state index contributed by atoms with van der Waals surface area (Å²) in [5.74, 6) is -0.716. The Morgan fingerprint density at radius 1 is 1.16 bits per heavy atom. The van der Waals surface area contributed by atoms with Crippen molar-refractivity contribution in [3.8, 4) is 21.7 Å². The highest BCUT2D eigenvalue weighted by Crippen LogP contribution is 2.39. The molecule has 1 fully saturated rings. The number of alkyl halides is 3. The van der Waals surface area contributed by atoms with Crippen LogP contribution in [0.4, 0.5) is 23.8 Å². The second-order valence-electron chi connectivity index (χ2n) is 10.3. The summed E-state index contributed by atoms with van der Waals surface area (Å²) in [5, 5.41) is 17.0. The van der Waals surface area contributed by atoms with E-state index >= 15 is 0 Å². The zero-order chi connectivity index (χ0) is 31.6. The highest BCUT2D eigenvalue weighted by Gasteiger charge is 2.34. The number of hydrogen-bond donors (Lipinski definition) is 3. The number of benzene rings is 1. The number of nitrogens with zero attached hydrogens (tertiary/aromatic N) is 3. The Kier molecular flexibility index (Phi) is 9.02. The second kappa shape index (κ2) is 12.7. The Morgan fingerprint density at radius 2 is 1.93 bits per heavy atom. The molecule has 3 aromatic heterocycles. The van der Waals surface area contributed by atoms with Crippen molar-refractivity contribution in [1.29, 1.82) is 0 Å². The quantitative estimate of drug-likeness (QED) is 0.214. The molecule has 2 amide bonds. The first-order valence-corrected chi connectivity index (χ1v) is 15.0. The van der Waals surface area contributed by atoms with Gasteiger partial charge < -0.3 is 19.7 Å². The molecule has 0 spiro atoms. The summed E-state index contributed by atoms with van der Waals surface area (Å²) in [4.78, 5) is 46.7. The molecule has 14 heteroatoms. The molecule has 3 N–H and O–H groups in total. The summed E-state index contributed by atoms with van der Waals surface area (Å²) in [7, 11) is 0. The summed E-state index contributed by atoms with van der Waals surface area (Å²) < 4.78 is 47.2. The summed E-state index contributed by atoms with van der Waals surface area (Å²) >= 11 is 0.774. The molecule has 3 heterocycles. The van der Waals surface area contributed by atoms with E-state index < -0.39 is 35.4 Å². The number of urea groups is 1. The molecule has 44 heavy (non-hydrogen) atoms. The number of anilines is 1. The van der Waals surface area contributed by atoms with Gasteiger partial charge >= 0.3 is 18.2 Å². The van der Waals surface area contributed by atoms with Gasteiger partial charge in [-0.15, -0.1) is 11.3 Å². The molecule has 0 saturated heterocycles. The van der Waals surface area contributed by atoms with Gasteiger partial charge in [-0.05, 0) is 50.5 Å². The molecule has 1 saturated carbocycles. The number of esters is 1. The normalized spacial score (nSPS) is 17.0. The first-order chi connectivity index (χ1) is 21.0. The number of aromatic nitrogens is 3. The minimum atomic E-state index is -4.66. The van der Waals surface area contributed by atoms with Crippen LogP contribution in [0.2, 0.25) is 0 Å². The highest BCUT2D eigenvalue weighted by atomic mass is 32.1. The lowest BCUT2D eigenvalue weighted by molar-refractivity contribution is -0.140. The van der Waals surface area contributed by atoms with Crippen molar-refractivity contribution in [1.82, 2.24) is 19.9 Å². The number of halogens is 3. The Hall–Kier alpha value is -4.30. The summed E-state index contributed by atoms with van der Waals surface area (Å²) in [6, 6.07) is 5.40. The van der Waals surface area contributed by atoms with Crippen molar-refractivity contribution >= 4 is 40.1 Å². The van der Waals surface area contributed by atoms with E-state index in [1.807, 2.05) is 0 Å². The number of amides is 2. The van der Waals surface area contributed by atoms with Crippen molar-refractivity contribution < 1.29 is 32.6 Å². The fourth-order valence-electron chi connectivity index (χ4n) is 5.35. The van der Waals surface area contributed by atoms with Gasteiger partial charge in [0.05, 0.1) is 24.3 Å². The lowest BCUT2D eigenvalue weighted by Gasteiger charge is -2.31. The molecule has 10 nitrogen and oxygen atoms in total. The third kappa shape index (κ3) is 6.31. The SMILES string of the molecule is CCNC(=O)Nc1cc(-c2nc(C(F)(F)F)cs2)c(-c2ccc3c(c2)c(=O)c(C(=O)OCC)cn3[C@@H]2CCCC[C@H]2O)cn1. The van der Waals surface area contributed by atoms with E-state index in [9.17, 15) is 32.7 Å². The van der Waals surface area contributed by atoms with Crippen LogP contribution in [-0.4, -0.2) is 50.9 Å². The van der Waals surface area contributed by atoms with Crippen LogP contribution in [0, 0.1) is 0 Å². The van der Waals surface area contributed by atoms with E-state index in [2.05, 4.69) is 20.6 Å². The molecule has 0 bridgehead atoms. The summed E-state index contributed by atoms with van der Waals surface area (Å²) in [6.45, 7) is 3.76. The van der Waals surface area contributed by atoms with Crippen LogP contribution >= 0.6 is 11.3 Å². The van der Waals surface area contributed by atoms with Crippen molar-refractivity contribution in [3.63, 3.8) is 0 Å². The van der Waals surface area contributed by atoms with Gasteiger partial charge in [0.2, 0.25) is 5.43 Å². The zero-order valence-corrected chi connectivity index (χ0v) is 24.7. The van der Waals surface area contributed by atoms with Crippen LogP contribution in [0.1, 0.15) is 61.6 Å². The molecular weight excluding hydrogens is 599 g/mol. The molecule has 1 aliphatic rings. The molecule has 0 radical (unpaired) electrons. The molecule has 5 rings (SSSR count). The van der Waals surface area contributed by atoms with Gasteiger partial charge in [0.1, 0.15) is 16.4 Å². The number of thiazole rings is 1. The molecule has 232 valence electrons. The van der Waals surface area contributed by atoms with E-state index in [1.54, 1.807) is 36.6 Å². The molecular formula is C30H30F3N5O5S. The van der Waals surface area contributed by atoms with Crippen LogP contribution in [0.15, 0.2) is 46.8 Å². The van der Waals surface area contributed by atoms with E-state index in [4.69, 9.17) is 4.74 Å². The monoisotopic (exact) mass is 629 g/mol. The fourth-order valence-corrected chi connectivity index (χ4v) is 6.20. The Bertz CT molecular complexity index is 1770. The summed E-state index contributed by atoms with van der Waals surface area (Å²) in [5.41, 5.74) is -0.344. The number of pyridine rings is 2. The van der Waals surface area contributed by atoms with E-state index in [1.165, 1.54) is 18.5 Å². The minimum Gasteiger partial charge on any atom is -0.462 e. The number of hydrogen-bond acceptors (Lipinski definition) is 8. The zero-order valence-electron chi connectivity index (χ0n) is 23.9. The predicted octanol–water partition coefficient (Wildman–Crippen LogP) is 6.00.